The molecular formula is C12H22ClNO4. The van der Waals surface area contributed by atoms with E-state index in [1.807, 2.05) is 13.8 Å². The Labute approximate surface area is 113 Å². The molecule has 0 saturated heterocycles. The van der Waals surface area contributed by atoms with E-state index in [0.717, 1.165) is 6.42 Å². The number of carbonyl (C=O) groups is 2. The Morgan fingerprint density at radius 2 is 1.89 bits per heavy atom. The van der Waals surface area contributed by atoms with Crippen LogP contribution in [0.1, 0.15) is 41.0 Å². The summed E-state index contributed by atoms with van der Waals surface area (Å²) in [6.45, 7) is 9.02. The average Bonchev–Trinajstić information content (AvgIpc) is 2.22. The molecule has 0 aromatic heterocycles. The maximum atomic E-state index is 11.7. The fraction of sp³-hybridized carbons (Fsp3) is 0.833. The van der Waals surface area contributed by atoms with Crippen LogP contribution in [0.4, 0.5) is 4.79 Å². The highest BCUT2D eigenvalue weighted by molar-refractivity contribution is 6.17. The second kappa shape index (κ2) is 7.46. The van der Waals surface area contributed by atoms with Gasteiger partial charge in [-0.15, -0.1) is 0 Å². The minimum atomic E-state index is -0.747. The van der Waals surface area contributed by atoms with Crippen molar-refractivity contribution in [3.63, 3.8) is 0 Å². The molecule has 106 valence electrons. The van der Waals surface area contributed by atoms with Crippen LogP contribution in [-0.4, -0.2) is 29.8 Å². The summed E-state index contributed by atoms with van der Waals surface area (Å²) in [6, 6.07) is -0.981. The zero-order valence-corrected chi connectivity index (χ0v) is 12.3. The van der Waals surface area contributed by atoms with Crippen molar-refractivity contribution in [3.05, 3.63) is 0 Å². The Bertz CT molecular complexity index is 288. The topological polar surface area (TPSA) is 64.6 Å². The number of alkyl carbamates (subject to hydrolysis) is 1. The summed E-state index contributed by atoms with van der Waals surface area (Å²) in [5.74, 6) is -0.613. The number of halogens is 1. The average molecular weight is 280 g/mol. The fourth-order valence-electron chi connectivity index (χ4n) is 1.25. The molecule has 0 fully saturated rings. The van der Waals surface area contributed by atoms with E-state index in [0.29, 0.717) is 0 Å². The molecule has 1 amide bonds. The maximum absolute atomic E-state index is 11.7. The van der Waals surface area contributed by atoms with E-state index in [2.05, 4.69) is 5.32 Å². The first-order valence-electron chi connectivity index (χ1n) is 5.93. The SMILES string of the molecule is CCC(C)[C@H](NC(=O)OC(C)(C)C)C(=O)OCCl. The highest BCUT2D eigenvalue weighted by Crippen LogP contribution is 2.12. The van der Waals surface area contributed by atoms with Crippen LogP contribution in [0.15, 0.2) is 0 Å². The first-order valence-corrected chi connectivity index (χ1v) is 6.46. The number of rotatable bonds is 5. The van der Waals surface area contributed by atoms with E-state index in [-0.39, 0.29) is 12.0 Å². The predicted molar refractivity (Wildman–Crippen MR) is 69.4 cm³/mol. The van der Waals surface area contributed by atoms with Crippen LogP contribution in [-0.2, 0) is 14.3 Å². The van der Waals surface area contributed by atoms with Gasteiger partial charge < -0.3 is 14.8 Å². The van der Waals surface area contributed by atoms with E-state index < -0.39 is 23.7 Å². The van der Waals surface area contributed by atoms with E-state index in [1.165, 1.54) is 0 Å². The van der Waals surface area contributed by atoms with Crippen molar-refractivity contribution in [2.24, 2.45) is 5.92 Å². The zero-order chi connectivity index (χ0) is 14.3. The minimum absolute atomic E-state index is 0.0618. The highest BCUT2D eigenvalue weighted by atomic mass is 35.5. The summed E-state index contributed by atoms with van der Waals surface area (Å²) in [6.07, 6.45) is 0.0806. The van der Waals surface area contributed by atoms with Gasteiger partial charge in [0.05, 0.1) is 0 Å². The van der Waals surface area contributed by atoms with Crippen molar-refractivity contribution in [1.29, 1.82) is 0 Å². The molecule has 0 rings (SSSR count). The van der Waals surface area contributed by atoms with Crippen LogP contribution >= 0.6 is 11.6 Å². The quantitative estimate of drug-likeness (QED) is 0.621. The molecule has 0 bridgehead atoms. The van der Waals surface area contributed by atoms with Crippen LogP contribution in [0.25, 0.3) is 0 Å². The molecule has 0 aliphatic rings. The number of nitrogens with one attached hydrogen (secondary N) is 1. The number of hydrogen-bond acceptors (Lipinski definition) is 4. The van der Waals surface area contributed by atoms with Gasteiger partial charge in [-0.05, 0) is 26.7 Å². The third-order valence-electron chi connectivity index (χ3n) is 2.34. The molecule has 0 aromatic carbocycles. The third kappa shape index (κ3) is 6.69. The molecule has 0 saturated carbocycles. The van der Waals surface area contributed by atoms with Gasteiger partial charge in [-0.1, -0.05) is 31.9 Å². The van der Waals surface area contributed by atoms with Gasteiger partial charge in [0, 0.05) is 0 Å². The van der Waals surface area contributed by atoms with Gasteiger partial charge in [-0.25, -0.2) is 9.59 Å². The summed E-state index contributed by atoms with van der Waals surface area (Å²) in [5, 5.41) is 2.51. The molecule has 1 unspecified atom stereocenters. The van der Waals surface area contributed by atoms with Crippen molar-refractivity contribution in [3.8, 4) is 0 Å². The standard InChI is InChI=1S/C12H22ClNO4/c1-6-8(2)9(10(15)17-7-13)14-11(16)18-12(3,4)5/h8-9H,6-7H2,1-5H3,(H,14,16)/t8?,9-/m0/s1. The first kappa shape index (κ1) is 17.0. The molecule has 0 heterocycles. The van der Waals surface area contributed by atoms with Crippen molar-refractivity contribution >= 4 is 23.7 Å². The number of esters is 1. The zero-order valence-electron chi connectivity index (χ0n) is 11.6. The summed E-state index contributed by atoms with van der Waals surface area (Å²) in [7, 11) is 0. The van der Waals surface area contributed by atoms with Gasteiger partial charge >= 0.3 is 12.1 Å². The van der Waals surface area contributed by atoms with Gasteiger partial charge in [-0.2, -0.15) is 0 Å². The molecule has 6 heteroatoms. The molecule has 0 radical (unpaired) electrons. The molecule has 18 heavy (non-hydrogen) atoms. The summed E-state index contributed by atoms with van der Waals surface area (Å²) >= 11 is 5.34. The largest absolute Gasteiger partial charge is 0.448 e. The van der Waals surface area contributed by atoms with Crippen molar-refractivity contribution in [2.75, 3.05) is 6.07 Å². The normalized spacial score (nSPS) is 14.6. The second-order valence-corrected chi connectivity index (χ2v) is 5.30. The summed E-state index contributed by atoms with van der Waals surface area (Å²) < 4.78 is 9.81. The van der Waals surface area contributed by atoms with Gasteiger partial charge in [0.15, 0.2) is 6.07 Å². The Hall–Kier alpha value is -0.970. The monoisotopic (exact) mass is 279 g/mol. The highest BCUT2D eigenvalue weighted by Gasteiger charge is 2.29. The lowest BCUT2D eigenvalue weighted by Crippen LogP contribution is -2.47. The molecule has 0 spiro atoms. The minimum Gasteiger partial charge on any atom is -0.448 e. The molecule has 2 atom stereocenters. The molecule has 0 aliphatic carbocycles. The smallest absolute Gasteiger partial charge is 0.408 e. The summed E-state index contributed by atoms with van der Waals surface area (Å²) in [4.78, 5) is 23.3. The maximum Gasteiger partial charge on any atom is 0.408 e. The lowest BCUT2D eigenvalue weighted by Gasteiger charge is -2.25. The molecule has 0 aliphatic heterocycles. The molecule has 0 aromatic rings. The Morgan fingerprint density at radius 3 is 2.28 bits per heavy atom. The van der Waals surface area contributed by atoms with Crippen molar-refractivity contribution < 1.29 is 19.1 Å². The molecule has 1 N–H and O–H groups in total. The van der Waals surface area contributed by atoms with Gasteiger partial charge in [0.1, 0.15) is 11.6 Å². The predicted octanol–water partition coefficient (Wildman–Crippen LogP) is 2.67. The lowest BCUT2D eigenvalue weighted by atomic mass is 9.99. The number of carbonyl (C=O) groups excluding carboxylic acids is 2. The Balaban J connectivity index is 4.59. The van der Waals surface area contributed by atoms with Crippen LogP contribution < -0.4 is 5.32 Å². The second-order valence-electron chi connectivity index (χ2n) is 5.08. The first-order chi connectivity index (χ1) is 8.21. The van der Waals surface area contributed by atoms with Crippen LogP contribution in [0.3, 0.4) is 0 Å². The molecular weight excluding hydrogens is 258 g/mol. The van der Waals surface area contributed by atoms with Gasteiger partial charge in [0.2, 0.25) is 0 Å². The fourth-order valence-corrected chi connectivity index (χ4v) is 1.35. The van der Waals surface area contributed by atoms with Crippen LogP contribution in [0.5, 0.6) is 0 Å². The number of hydrogen-bond donors (Lipinski definition) is 1. The van der Waals surface area contributed by atoms with Gasteiger partial charge in [0.25, 0.3) is 0 Å². The Kier molecular flexibility index (Phi) is 7.06. The van der Waals surface area contributed by atoms with Crippen molar-refractivity contribution in [2.45, 2.75) is 52.7 Å². The van der Waals surface area contributed by atoms with Crippen LogP contribution in [0.2, 0.25) is 0 Å². The number of amides is 1. The molecule has 5 nitrogen and oxygen atoms in total. The Morgan fingerprint density at radius 1 is 1.33 bits per heavy atom. The third-order valence-corrected chi connectivity index (χ3v) is 2.45. The van der Waals surface area contributed by atoms with E-state index in [1.54, 1.807) is 20.8 Å². The van der Waals surface area contributed by atoms with Crippen molar-refractivity contribution in [1.82, 2.24) is 5.32 Å². The lowest BCUT2D eigenvalue weighted by molar-refractivity contribution is -0.145. The van der Waals surface area contributed by atoms with Gasteiger partial charge in [-0.3, -0.25) is 0 Å². The van der Waals surface area contributed by atoms with E-state index in [4.69, 9.17) is 21.1 Å². The summed E-state index contributed by atoms with van der Waals surface area (Å²) in [5.41, 5.74) is -0.611. The van der Waals surface area contributed by atoms with E-state index >= 15 is 0 Å². The number of alkyl halides is 1. The van der Waals surface area contributed by atoms with Crippen LogP contribution in [0, 0.1) is 5.92 Å². The number of ether oxygens (including phenoxy) is 2. The van der Waals surface area contributed by atoms with E-state index in [9.17, 15) is 9.59 Å².